The molecule has 0 saturated carbocycles. The lowest BCUT2D eigenvalue weighted by Crippen LogP contribution is -2.82. The van der Waals surface area contributed by atoms with E-state index >= 15 is 0 Å². The summed E-state index contributed by atoms with van der Waals surface area (Å²) in [6.07, 6.45) is 0.256. The molecule has 0 bridgehead atoms. The van der Waals surface area contributed by atoms with E-state index in [0.29, 0.717) is 11.4 Å². The monoisotopic (exact) mass is 183 g/mol. The van der Waals surface area contributed by atoms with E-state index in [-0.39, 0.29) is 13.0 Å². The van der Waals surface area contributed by atoms with Crippen molar-refractivity contribution in [2.75, 3.05) is 19.6 Å². The zero-order chi connectivity index (χ0) is 9.47. The molecule has 3 amide bonds. The highest BCUT2D eigenvalue weighted by atomic mass is 16.2. The fraction of sp³-hybridized carbons (Fsp3) is 0.571. The molecule has 6 heteroatoms. The second-order valence-electron chi connectivity index (χ2n) is 3.09. The molecule has 2 heterocycles. The van der Waals surface area contributed by atoms with Crippen molar-refractivity contribution >= 4 is 18.2 Å². The van der Waals surface area contributed by atoms with Gasteiger partial charge in [0.05, 0.1) is 0 Å². The average Bonchev–Trinajstić information content (AvgIpc) is 2.20. The number of imide groups is 3. The topological polar surface area (TPSA) is 78.5 Å². The summed E-state index contributed by atoms with van der Waals surface area (Å²) in [5, 5.41) is 5.77. The van der Waals surface area contributed by atoms with Crippen LogP contribution < -0.4 is 10.6 Å². The zero-order valence-electron chi connectivity index (χ0n) is 6.87. The van der Waals surface area contributed by atoms with Crippen LogP contribution in [0.15, 0.2) is 0 Å². The maximum Gasteiger partial charge on any atom is 0.267 e. The van der Waals surface area contributed by atoms with Gasteiger partial charge in [-0.3, -0.25) is 19.7 Å². The van der Waals surface area contributed by atoms with Crippen LogP contribution in [0.5, 0.6) is 0 Å². The van der Waals surface area contributed by atoms with Gasteiger partial charge in [-0.25, -0.2) is 4.90 Å². The third-order valence-corrected chi connectivity index (χ3v) is 2.39. The number of piperazine rings is 1. The van der Waals surface area contributed by atoms with Gasteiger partial charge in [0.25, 0.3) is 11.8 Å². The number of rotatable bonds is 1. The largest absolute Gasteiger partial charge is 0.313 e. The van der Waals surface area contributed by atoms with E-state index < -0.39 is 17.4 Å². The highest BCUT2D eigenvalue weighted by Gasteiger charge is 2.61. The standard InChI is InChI=1S/C7H9N3O3/c11-4-10-5(12)7(6(10)13)3-8-1-2-9-7/h4,8-9H,1-3H2. The van der Waals surface area contributed by atoms with Crippen LogP contribution >= 0.6 is 0 Å². The molecule has 0 aromatic heterocycles. The molecule has 0 atom stereocenters. The predicted molar refractivity (Wildman–Crippen MR) is 41.5 cm³/mol. The number of amides is 3. The molecular weight excluding hydrogens is 174 g/mol. The van der Waals surface area contributed by atoms with Crippen molar-refractivity contribution in [2.24, 2.45) is 0 Å². The van der Waals surface area contributed by atoms with Gasteiger partial charge in [-0.2, -0.15) is 0 Å². The summed E-state index contributed by atoms with van der Waals surface area (Å²) in [5.74, 6) is -0.917. The molecule has 2 rings (SSSR count). The molecule has 0 radical (unpaired) electrons. The van der Waals surface area contributed by atoms with E-state index in [9.17, 15) is 14.4 Å². The summed E-state index contributed by atoms with van der Waals surface area (Å²) in [5.41, 5.74) is -1.15. The van der Waals surface area contributed by atoms with Crippen molar-refractivity contribution in [3.05, 3.63) is 0 Å². The minimum Gasteiger partial charge on any atom is -0.313 e. The summed E-state index contributed by atoms with van der Waals surface area (Å²) < 4.78 is 0. The van der Waals surface area contributed by atoms with Crippen molar-refractivity contribution in [1.82, 2.24) is 15.5 Å². The lowest BCUT2D eigenvalue weighted by Gasteiger charge is -2.45. The van der Waals surface area contributed by atoms with E-state index in [1.807, 2.05) is 0 Å². The summed E-state index contributed by atoms with van der Waals surface area (Å²) in [6.45, 7) is 1.56. The minimum atomic E-state index is -1.15. The van der Waals surface area contributed by atoms with Crippen molar-refractivity contribution in [3.63, 3.8) is 0 Å². The maximum atomic E-state index is 11.4. The SMILES string of the molecule is O=CN1C(=O)C2(CNCCN2)C1=O. The summed E-state index contributed by atoms with van der Waals surface area (Å²) in [4.78, 5) is 33.6. The predicted octanol–water partition coefficient (Wildman–Crippen LogP) is -2.56. The summed E-state index contributed by atoms with van der Waals surface area (Å²) >= 11 is 0. The Labute approximate surface area is 74.3 Å². The second kappa shape index (κ2) is 2.61. The Hall–Kier alpha value is -1.27. The number of nitrogens with one attached hydrogen (secondary N) is 2. The maximum absolute atomic E-state index is 11.4. The van der Waals surface area contributed by atoms with Crippen molar-refractivity contribution in [2.45, 2.75) is 5.54 Å². The molecule has 2 saturated heterocycles. The number of hydrogen-bond acceptors (Lipinski definition) is 5. The van der Waals surface area contributed by atoms with E-state index in [1.54, 1.807) is 0 Å². The zero-order valence-corrected chi connectivity index (χ0v) is 6.87. The van der Waals surface area contributed by atoms with E-state index in [4.69, 9.17) is 0 Å². The second-order valence-corrected chi connectivity index (χ2v) is 3.09. The lowest BCUT2D eigenvalue weighted by atomic mass is 9.86. The summed E-state index contributed by atoms with van der Waals surface area (Å²) in [6, 6.07) is 0. The van der Waals surface area contributed by atoms with Gasteiger partial charge in [0, 0.05) is 19.6 Å². The average molecular weight is 183 g/mol. The summed E-state index contributed by atoms with van der Waals surface area (Å²) in [7, 11) is 0. The first kappa shape index (κ1) is 8.33. The number of carbonyl (C=O) groups is 3. The van der Waals surface area contributed by atoms with Crippen LogP contribution in [0.4, 0.5) is 0 Å². The van der Waals surface area contributed by atoms with Crippen molar-refractivity contribution in [1.29, 1.82) is 0 Å². The van der Waals surface area contributed by atoms with Crippen LogP contribution in [0, 0.1) is 0 Å². The van der Waals surface area contributed by atoms with E-state index in [1.165, 1.54) is 0 Å². The molecule has 0 aromatic carbocycles. The van der Waals surface area contributed by atoms with Gasteiger partial charge in [0.15, 0.2) is 5.54 Å². The molecule has 0 aromatic rings. The number of nitrogens with zero attached hydrogens (tertiary/aromatic N) is 1. The third kappa shape index (κ3) is 0.866. The van der Waals surface area contributed by atoms with Gasteiger partial charge in [0.1, 0.15) is 0 Å². The third-order valence-electron chi connectivity index (χ3n) is 2.39. The molecule has 2 N–H and O–H groups in total. The fourth-order valence-electron chi connectivity index (χ4n) is 1.64. The van der Waals surface area contributed by atoms with E-state index in [2.05, 4.69) is 10.6 Å². The number of carbonyl (C=O) groups excluding carboxylic acids is 3. The molecule has 70 valence electrons. The number of likely N-dealkylation sites (tertiary alicyclic amines) is 1. The number of β-lactam (4-membered cyclic amide) rings is 2. The molecular formula is C7H9N3O3. The quantitative estimate of drug-likeness (QED) is 0.266. The Balaban J connectivity index is 2.21. The van der Waals surface area contributed by atoms with Gasteiger partial charge in [-0.1, -0.05) is 0 Å². The highest BCUT2D eigenvalue weighted by Crippen LogP contribution is 2.23. The molecule has 13 heavy (non-hydrogen) atoms. The van der Waals surface area contributed by atoms with Gasteiger partial charge in [-0.05, 0) is 0 Å². The molecule has 2 fully saturated rings. The van der Waals surface area contributed by atoms with Crippen LogP contribution in [0.1, 0.15) is 0 Å². The van der Waals surface area contributed by atoms with Crippen LogP contribution in [-0.4, -0.2) is 48.3 Å². The molecule has 2 aliphatic heterocycles. The molecule has 0 unspecified atom stereocenters. The fourth-order valence-corrected chi connectivity index (χ4v) is 1.64. The van der Waals surface area contributed by atoms with Gasteiger partial charge in [0.2, 0.25) is 6.41 Å². The van der Waals surface area contributed by atoms with Gasteiger partial charge >= 0.3 is 0 Å². The first-order chi connectivity index (χ1) is 6.22. The lowest BCUT2D eigenvalue weighted by molar-refractivity contribution is -0.172. The smallest absolute Gasteiger partial charge is 0.267 e. The normalized spacial score (nSPS) is 26.0. The van der Waals surface area contributed by atoms with Crippen molar-refractivity contribution < 1.29 is 14.4 Å². The minimum absolute atomic E-state index is 0.256. The Morgan fingerprint density at radius 2 is 2.00 bits per heavy atom. The molecule has 0 aliphatic carbocycles. The molecule has 6 nitrogen and oxygen atoms in total. The van der Waals surface area contributed by atoms with E-state index in [0.717, 1.165) is 6.54 Å². The molecule has 2 aliphatic rings. The van der Waals surface area contributed by atoms with Crippen LogP contribution in [0.2, 0.25) is 0 Å². The van der Waals surface area contributed by atoms with Gasteiger partial charge in [-0.15, -0.1) is 0 Å². The van der Waals surface area contributed by atoms with Crippen LogP contribution in [0.25, 0.3) is 0 Å². The Kier molecular flexibility index (Phi) is 1.67. The Morgan fingerprint density at radius 3 is 2.46 bits per heavy atom. The first-order valence-electron chi connectivity index (χ1n) is 4.01. The van der Waals surface area contributed by atoms with Crippen LogP contribution in [0.3, 0.4) is 0 Å². The molecule has 1 spiro atoms. The Bertz CT molecular complexity index is 265. The van der Waals surface area contributed by atoms with Crippen molar-refractivity contribution in [3.8, 4) is 0 Å². The van der Waals surface area contributed by atoms with Crippen LogP contribution in [-0.2, 0) is 14.4 Å². The van der Waals surface area contributed by atoms with Gasteiger partial charge < -0.3 is 5.32 Å². The number of hydrogen-bond donors (Lipinski definition) is 2. The first-order valence-corrected chi connectivity index (χ1v) is 4.01. The Morgan fingerprint density at radius 1 is 1.31 bits per heavy atom. The highest BCUT2D eigenvalue weighted by molar-refractivity contribution is 6.31.